The van der Waals surface area contributed by atoms with E-state index in [0.29, 0.717) is 11.3 Å². The fourth-order valence-electron chi connectivity index (χ4n) is 1.99. The van der Waals surface area contributed by atoms with Gasteiger partial charge in [-0.1, -0.05) is 18.2 Å². The molecule has 1 aromatic carbocycles. The van der Waals surface area contributed by atoms with Gasteiger partial charge in [0.15, 0.2) is 6.61 Å². The Balaban J connectivity index is 1.94. The maximum absolute atomic E-state index is 11.9. The Kier molecular flexibility index (Phi) is 4.42. The number of nitrogens with one attached hydrogen (secondary N) is 1. The van der Waals surface area contributed by atoms with Crippen molar-refractivity contribution >= 4 is 17.6 Å². The zero-order valence-corrected chi connectivity index (χ0v) is 12.2. The van der Waals surface area contributed by atoms with E-state index in [1.54, 1.807) is 6.92 Å². The fraction of sp³-hybridized carbons (Fsp3) is 0.250. The summed E-state index contributed by atoms with van der Waals surface area (Å²) in [5.74, 6) is -0.477. The molecule has 0 radical (unpaired) electrons. The van der Waals surface area contributed by atoms with E-state index in [1.807, 2.05) is 32.0 Å². The number of anilines is 1. The number of ether oxygens (including phenoxy) is 1. The predicted molar refractivity (Wildman–Crippen MR) is 78.3 cm³/mol. The van der Waals surface area contributed by atoms with Crippen molar-refractivity contribution < 1.29 is 18.7 Å². The Hall–Kier alpha value is -2.56. The average Bonchev–Trinajstić information content (AvgIpc) is 2.87. The van der Waals surface area contributed by atoms with Gasteiger partial charge in [-0.2, -0.15) is 0 Å². The zero-order valence-electron chi connectivity index (χ0n) is 12.2. The van der Waals surface area contributed by atoms with E-state index in [0.717, 1.165) is 16.8 Å². The molecular formula is C16H17NO4. The second kappa shape index (κ2) is 6.26. The van der Waals surface area contributed by atoms with Crippen molar-refractivity contribution in [3.05, 3.63) is 53.0 Å². The van der Waals surface area contributed by atoms with Gasteiger partial charge >= 0.3 is 5.97 Å². The van der Waals surface area contributed by atoms with Crippen LogP contribution in [0.3, 0.4) is 0 Å². The van der Waals surface area contributed by atoms with Gasteiger partial charge in [-0.15, -0.1) is 0 Å². The van der Waals surface area contributed by atoms with E-state index in [9.17, 15) is 9.59 Å². The van der Waals surface area contributed by atoms with E-state index >= 15 is 0 Å². The Morgan fingerprint density at radius 1 is 1.14 bits per heavy atom. The molecule has 0 saturated carbocycles. The third-order valence-corrected chi connectivity index (χ3v) is 3.16. The summed E-state index contributed by atoms with van der Waals surface area (Å²) in [6.45, 7) is 5.14. The average molecular weight is 287 g/mol. The quantitative estimate of drug-likeness (QED) is 0.878. The number of furan rings is 1. The van der Waals surface area contributed by atoms with Gasteiger partial charge in [-0.05, 0) is 38.0 Å². The SMILES string of the molecule is Cc1cccc(C)c1NC(=O)COC(=O)c1ccoc1C. The predicted octanol–water partition coefficient (Wildman–Crippen LogP) is 3.00. The molecular weight excluding hydrogens is 270 g/mol. The Bertz CT molecular complexity index is 652. The minimum absolute atomic E-state index is 0.329. The Morgan fingerprint density at radius 2 is 1.81 bits per heavy atom. The molecule has 0 aliphatic heterocycles. The molecule has 5 heteroatoms. The van der Waals surface area contributed by atoms with Gasteiger partial charge in [0, 0.05) is 5.69 Å². The Morgan fingerprint density at radius 3 is 2.38 bits per heavy atom. The molecule has 0 saturated heterocycles. The van der Waals surface area contributed by atoms with Gasteiger partial charge in [0.25, 0.3) is 5.91 Å². The van der Waals surface area contributed by atoms with Crippen molar-refractivity contribution in [1.29, 1.82) is 0 Å². The number of para-hydroxylation sites is 1. The van der Waals surface area contributed by atoms with Gasteiger partial charge in [0.05, 0.1) is 6.26 Å². The summed E-state index contributed by atoms with van der Waals surface area (Å²) in [5, 5.41) is 2.75. The molecule has 110 valence electrons. The highest BCUT2D eigenvalue weighted by molar-refractivity contribution is 5.96. The van der Waals surface area contributed by atoms with Crippen LogP contribution in [0.1, 0.15) is 27.2 Å². The van der Waals surface area contributed by atoms with Crippen molar-refractivity contribution in [1.82, 2.24) is 0 Å². The molecule has 2 aromatic rings. The monoisotopic (exact) mass is 287 g/mol. The molecule has 0 atom stereocenters. The van der Waals surface area contributed by atoms with Crippen LogP contribution in [-0.2, 0) is 9.53 Å². The number of hydrogen-bond acceptors (Lipinski definition) is 4. The van der Waals surface area contributed by atoms with Crippen molar-refractivity contribution in [3.8, 4) is 0 Å². The van der Waals surface area contributed by atoms with Gasteiger partial charge < -0.3 is 14.5 Å². The first kappa shape index (κ1) is 14.8. The lowest BCUT2D eigenvalue weighted by Crippen LogP contribution is -2.21. The van der Waals surface area contributed by atoms with Crippen LogP contribution in [0, 0.1) is 20.8 Å². The topological polar surface area (TPSA) is 68.5 Å². The van der Waals surface area contributed by atoms with Gasteiger partial charge in [0.2, 0.25) is 0 Å². The molecule has 1 amide bonds. The number of aryl methyl sites for hydroxylation is 3. The first-order chi connectivity index (χ1) is 9.99. The van der Waals surface area contributed by atoms with Crippen LogP contribution in [0.4, 0.5) is 5.69 Å². The maximum Gasteiger partial charge on any atom is 0.342 e. The number of hydrogen-bond donors (Lipinski definition) is 1. The first-order valence-corrected chi connectivity index (χ1v) is 6.56. The zero-order chi connectivity index (χ0) is 15.4. The highest BCUT2D eigenvalue weighted by Gasteiger charge is 2.15. The molecule has 1 N–H and O–H groups in total. The van der Waals surface area contributed by atoms with Crippen LogP contribution in [0.5, 0.6) is 0 Å². The normalized spacial score (nSPS) is 10.2. The standard InChI is InChI=1S/C16H17NO4/c1-10-5-4-6-11(2)15(10)17-14(18)9-21-16(19)13-7-8-20-12(13)3/h4-8H,9H2,1-3H3,(H,17,18). The number of carbonyl (C=O) groups is 2. The first-order valence-electron chi connectivity index (χ1n) is 6.56. The van der Waals surface area contributed by atoms with Gasteiger partial charge in [-0.3, -0.25) is 4.79 Å². The maximum atomic E-state index is 11.9. The van der Waals surface area contributed by atoms with Crippen LogP contribution < -0.4 is 5.32 Å². The summed E-state index contributed by atoms with van der Waals surface area (Å²) in [6.07, 6.45) is 1.41. The van der Waals surface area contributed by atoms with Crippen LogP contribution in [0.2, 0.25) is 0 Å². The lowest BCUT2D eigenvalue weighted by molar-refractivity contribution is -0.119. The number of rotatable bonds is 4. The summed E-state index contributed by atoms with van der Waals surface area (Å²) in [7, 11) is 0. The molecule has 0 spiro atoms. The smallest absolute Gasteiger partial charge is 0.342 e. The fourth-order valence-corrected chi connectivity index (χ4v) is 1.99. The molecule has 1 heterocycles. The van der Waals surface area contributed by atoms with Crippen molar-refractivity contribution in [2.24, 2.45) is 0 Å². The van der Waals surface area contributed by atoms with Gasteiger partial charge in [-0.25, -0.2) is 4.79 Å². The third kappa shape index (κ3) is 3.51. The minimum atomic E-state index is -0.571. The van der Waals surface area contributed by atoms with Crippen molar-refractivity contribution in [3.63, 3.8) is 0 Å². The second-order valence-electron chi connectivity index (χ2n) is 4.78. The molecule has 0 unspecified atom stereocenters. The molecule has 5 nitrogen and oxygen atoms in total. The summed E-state index contributed by atoms with van der Waals surface area (Å²) in [4.78, 5) is 23.6. The van der Waals surface area contributed by atoms with Crippen molar-refractivity contribution in [2.75, 3.05) is 11.9 Å². The van der Waals surface area contributed by atoms with Crippen molar-refractivity contribution in [2.45, 2.75) is 20.8 Å². The molecule has 0 fully saturated rings. The molecule has 0 bridgehead atoms. The van der Waals surface area contributed by atoms with Crippen LogP contribution in [0.25, 0.3) is 0 Å². The summed E-state index contributed by atoms with van der Waals surface area (Å²) >= 11 is 0. The Labute approximate surface area is 122 Å². The molecule has 1 aromatic heterocycles. The number of esters is 1. The number of amides is 1. The highest BCUT2D eigenvalue weighted by atomic mass is 16.5. The highest BCUT2D eigenvalue weighted by Crippen LogP contribution is 2.19. The third-order valence-electron chi connectivity index (χ3n) is 3.16. The van der Waals surface area contributed by atoms with E-state index in [2.05, 4.69) is 5.32 Å². The van der Waals surface area contributed by atoms with E-state index < -0.39 is 5.97 Å². The molecule has 21 heavy (non-hydrogen) atoms. The van der Waals surface area contributed by atoms with Crippen LogP contribution in [0.15, 0.2) is 34.9 Å². The molecule has 0 aliphatic carbocycles. The van der Waals surface area contributed by atoms with E-state index in [-0.39, 0.29) is 12.5 Å². The van der Waals surface area contributed by atoms with Crippen LogP contribution in [-0.4, -0.2) is 18.5 Å². The largest absolute Gasteiger partial charge is 0.469 e. The molecule has 2 rings (SSSR count). The number of benzene rings is 1. The second-order valence-corrected chi connectivity index (χ2v) is 4.78. The summed E-state index contributed by atoms with van der Waals surface area (Å²) in [5.41, 5.74) is 2.99. The summed E-state index contributed by atoms with van der Waals surface area (Å²) in [6, 6.07) is 7.25. The minimum Gasteiger partial charge on any atom is -0.469 e. The van der Waals surface area contributed by atoms with Gasteiger partial charge in [0.1, 0.15) is 11.3 Å². The molecule has 0 aliphatic rings. The number of carbonyl (C=O) groups excluding carboxylic acids is 2. The van der Waals surface area contributed by atoms with Crippen LogP contribution >= 0.6 is 0 Å². The lowest BCUT2D eigenvalue weighted by Gasteiger charge is -2.11. The summed E-state index contributed by atoms with van der Waals surface area (Å²) < 4.78 is 9.99. The lowest BCUT2D eigenvalue weighted by atomic mass is 10.1. The van der Waals surface area contributed by atoms with E-state index in [4.69, 9.17) is 9.15 Å². The van der Waals surface area contributed by atoms with E-state index in [1.165, 1.54) is 12.3 Å².